The molecular weight excluding hydrogens is 336 g/mol. The number of anilines is 1. The monoisotopic (exact) mass is 356 g/mol. The van der Waals surface area contributed by atoms with Crippen LogP contribution in [0.4, 0.5) is 5.95 Å². The first-order chi connectivity index (χ1) is 12.2. The summed E-state index contributed by atoms with van der Waals surface area (Å²) in [7, 11) is 0. The first-order valence-corrected chi connectivity index (χ1v) is 9.71. The zero-order chi connectivity index (χ0) is 17.4. The first-order valence-electron chi connectivity index (χ1n) is 8.48. The largest absolute Gasteiger partial charge is 0.494 e. The molecule has 2 heterocycles. The van der Waals surface area contributed by atoms with E-state index in [1.807, 2.05) is 42.1 Å². The van der Waals surface area contributed by atoms with Crippen molar-refractivity contribution in [3.8, 4) is 5.75 Å². The lowest BCUT2D eigenvalue weighted by molar-refractivity contribution is -0.116. The molecule has 6 nitrogen and oxygen atoms in total. The van der Waals surface area contributed by atoms with Gasteiger partial charge in [0.15, 0.2) is 5.78 Å². The van der Waals surface area contributed by atoms with Crippen molar-refractivity contribution in [2.24, 2.45) is 0 Å². The Morgan fingerprint density at radius 2 is 2.20 bits per heavy atom. The molecule has 0 fully saturated rings. The van der Waals surface area contributed by atoms with Crippen molar-refractivity contribution in [2.75, 3.05) is 18.2 Å². The fourth-order valence-electron chi connectivity index (χ4n) is 3.50. The highest BCUT2D eigenvalue weighted by Gasteiger charge is 2.37. The molecule has 1 unspecified atom stereocenters. The molecule has 1 aromatic heterocycles. The lowest BCUT2D eigenvalue weighted by Gasteiger charge is -2.32. The average molecular weight is 356 g/mol. The topological polar surface area (TPSA) is 69.0 Å². The number of carbonyl (C=O) groups excluding carboxylic acids is 1. The van der Waals surface area contributed by atoms with Gasteiger partial charge in [0, 0.05) is 23.3 Å². The molecule has 1 N–H and O–H groups in total. The fraction of sp³-hybridized carbons (Fsp3) is 0.389. The van der Waals surface area contributed by atoms with Crippen LogP contribution in [0.5, 0.6) is 5.75 Å². The van der Waals surface area contributed by atoms with E-state index in [2.05, 4.69) is 15.4 Å². The number of aromatic nitrogens is 3. The van der Waals surface area contributed by atoms with Crippen molar-refractivity contribution < 1.29 is 9.53 Å². The van der Waals surface area contributed by atoms with Gasteiger partial charge >= 0.3 is 0 Å². The molecule has 0 bridgehead atoms. The molecular formula is C18H20N4O2S. The Kier molecular flexibility index (Phi) is 4.25. The number of rotatable bonds is 4. The standard InChI is InChI=1S/C18H20N4O2S/c1-3-24-14-10-5-4-7-11(14)16-15-12(8-6-9-13(15)23)19-17-20-18(25-2)21-22(16)17/h4-5,7,10,16H,3,6,8-9H2,1-2H3,(H,19,20,21). The lowest BCUT2D eigenvalue weighted by Crippen LogP contribution is -2.31. The maximum Gasteiger partial charge on any atom is 0.227 e. The van der Waals surface area contributed by atoms with Gasteiger partial charge in [0.1, 0.15) is 11.8 Å². The van der Waals surface area contributed by atoms with Crippen LogP contribution in [-0.4, -0.2) is 33.4 Å². The molecule has 4 rings (SSSR count). The molecule has 130 valence electrons. The van der Waals surface area contributed by atoms with Crippen LogP contribution in [0, 0.1) is 0 Å². The predicted molar refractivity (Wildman–Crippen MR) is 97.1 cm³/mol. The number of benzene rings is 1. The number of thioether (sulfide) groups is 1. The maximum atomic E-state index is 12.8. The first kappa shape index (κ1) is 16.2. The molecule has 0 saturated heterocycles. The maximum absolute atomic E-state index is 12.8. The predicted octanol–water partition coefficient (Wildman–Crippen LogP) is 3.42. The van der Waals surface area contributed by atoms with E-state index in [-0.39, 0.29) is 11.8 Å². The summed E-state index contributed by atoms with van der Waals surface area (Å²) >= 11 is 1.49. The van der Waals surface area contributed by atoms with E-state index in [0.29, 0.717) is 24.1 Å². The van der Waals surface area contributed by atoms with Gasteiger partial charge in [0.05, 0.1) is 6.61 Å². The van der Waals surface area contributed by atoms with Crippen LogP contribution in [0.2, 0.25) is 0 Å². The fourth-order valence-corrected chi connectivity index (χ4v) is 3.85. The van der Waals surface area contributed by atoms with Gasteiger partial charge in [-0.2, -0.15) is 4.98 Å². The zero-order valence-electron chi connectivity index (χ0n) is 14.3. The summed E-state index contributed by atoms with van der Waals surface area (Å²) in [6.07, 6.45) is 4.25. The lowest BCUT2D eigenvalue weighted by atomic mass is 9.85. The Morgan fingerprint density at radius 3 is 3.00 bits per heavy atom. The summed E-state index contributed by atoms with van der Waals surface area (Å²) in [6.45, 7) is 2.53. The van der Waals surface area contributed by atoms with Gasteiger partial charge in [-0.3, -0.25) is 4.79 Å². The molecule has 2 aromatic rings. The van der Waals surface area contributed by atoms with Crippen molar-refractivity contribution in [3.63, 3.8) is 0 Å². The third-order valence-electron chi connectivity index (χ3n) is 4.54. The Labute approximate surface area is 150 Å². The molecule has 1 aliphatic heterocycles. The summed E-state index contributed by atoms with van der Waals surface area (Å²) in [5, 5.41) is 8.64. The second kappa shape index (κ2) is 6.55. The van der Waals surface area contributed by atoms with E-state index < -0.39 is 0 Å². The highest BCUT2D eigenvalue weighted by atomic mass is 32.2. The molecule has 1 atom stereocenters. The van der Waals surface area contributed by atoms with Crippen LogP contribution in [0.15, 0.2) is 40.7 Å². The van der Waals surface area contributed by atoms with Gasteiger partial charge in [0.2, 0.25) is 11.1 Å². The minimum absolute atomic E-state index is 0.178. The SMILES string of the molecule is CCOc1ccccc1C1C2=C(CCCC2=O)Nc2nc(SC)nn21. The van der Waals surface area contributed by atoms with Crippen molar-refractivity contribution >= 4 is 23.5 Å². The summed E-state index contributed by atoms with van der Waals surface area (Å²) < 4.78 is 7.66. The van der Waals surface area contributed by atoms with Gasteiger partial charge in [-0.05, 0) is 32.1 Å². The second-order valence-electron chi connectivity index (χ2n) is 6.03. The van der Waals surface area contributed by atoms with Gasteiger partial charge in [-0.25, -0.2) is 4.68 Å². The number of hydrogen-bond acceptors (Lipinski definition) is 6. The number of carbonyl (C=O) groups is 1. The van der Waals surface area contributed by atoms with Gasteiger partial charge in [0.25, 0.3) is 0 Å². The minimum Gasteiger partial charge on any atom is -0.494 e. The Balaban J connectivity index is 1.92. The second-order valence-corrected chi connectivity index (χ2v) is 6.81. The number of para-hydroxylation sites is 1. The summed E-state index contributed by atoms with van der Waals surface area (Å²) in [4.78, 5) is 17.3. The number of nitrogens with one attached hydrogen (secondary N) is 1. The Morgan fingerprint density at radius 1 is 1.36 bits per heavy atom. The van der Waals surface area contributed by atoms with Crippen LogP contribution in [0.3, 0.4) is 0 Å². The highest BCUT2D eigenvalue weighted by molar-refractivity contribution is 7.98. The van der Waals surface area contributed by atoms with Gasteiger partial charge in [-0.1, -0.05) is 30.0 Å². The number of nitrogens with zero attached hydrogens (tertiary/aromatic N) is 3. The number of fused-ring (bicyclic) bond motifs is 1. The summed E-state index contributed by atoms with van der Waals surface area (Å²) in [6, 6.07) is 7.58. The molecule has 7 heteroatoms. The Hall–Kier alpha value is -2.28. The summed E-state index contributed by atoms with van der Waals surface area (Å²) in [5.41, 5.74) is 2.72. The van der Waals surface area contributed by atoms with Crippen molar-refractivity contribution in [3.05, 3.63) is 41.1 Å². The van der Waals surface area contributed by atoms with E-state index in [1.165, 1.54) is 11.8 Å². The molecule has 0 saturated carbocycles. The van der Waals surface area contributed by atoms with Gasteiger partial charge < -0.3 is 10.1 Å². The normalized spacial score (nSPS) is 19.3. The number of ether oxygens (including phenoxy) is 1. The molecule has 1 aliphatic carbocycles. The highest BCUT2D eigenvalue weighted by Crippen LogP contribution is 2.42. The van der Waals surface area contributed by atoms with E-state index in [9.17, 15) is 4.79 Å². The summed E-state index contributed by atoms with van der Waals surface area (Å²) in [5.74, 6) is 1.65. The number of Topliss-reactive ketones (excluding diaryl/α,β-unsaturated/α-hetero) is 1. The molecule has 0 radical (unpaired) electrons. The average Bonchev–Trinajstić information content (AvgIpc) is 3.04. The third-order valence-corrected chi connectivity index (χ3v) is 5.08. The molecule has 0 spiro atoms. The minimum atomic E-state index is -0.296. The zero-order valence-corrected chi connectivity index (χ0v) is 15.1. The molecule has 0 amide bonds. The van der Waals surface area contributed by atoms with Crippen LogP contribution < -0.4 is 10.1 Å². The van der Waals surface area contributed by atoms with E-state index in [1.54, 1.807) is 0 Å². The number of allylic oxidation sites excluding steroid dienone is 2. The van der Waals surface area contributed by atoms with E-state index in [0.717, 1.165) is 35.4 Å². The third kappa shape index (κ3) is 2.72. The van der Waals surface area contributed by atoms with Crippen LogP contribution in [0.1, 0.15) is 37.8 Å². The van der Waals surface area contributed by atoms with E-state index >= 15 is 0 Å². The van der Waals surface area contributed by atoms with Gasteiger partial charge in [-0.15, -0.1) is 5.10 Å². The quantitative estimate of drug-likeness (QED) is 0.847. The van der Waals surface area contributed by atoms with Crippen LogP contribution in [-0.2, 0) is 4.79 Å². The van der Waals surface area contributed by atoms with Crippen molar-refractivity contribution in [1.82, 2.24) is 14.8 Å². The number of hydrogen-bond donors (Lipinski definition) is 1. The smallest absolute Gasteiger partial charge is 0.227 e. The molecule has 25 heavy (non-hydrogen) atoms. The number of ketones is 1. The van der Waals surface area contributed by atoms with Crippen LogP contribution >= 0.6 is 11.8 Å². The van der Waals surface area contributed by atoms with Crippen molar-refractivity contribution in [1.29, 1.82) is 0 Å². The molecule has 2 aliphatic rings. The molecule has 1 aromatic carbocycles. The van der Waals surface area contributed by atoms with E-state index in [4.69, 9.17) is 4.74 Å². The van der Waals surface area contributed by atoms with Crippen LogP contribution in [0.25, 0.3) is 0 Å². The van der Waals surface area contributed by atoms with Crippen molar-refractivity contribution in [2.45, 2.75) is 37.4 Å². The Bertz CT molecular complexity index is 859.